The zero-order valence-electron chi connectivity index (χ0n) is 11.7. The number of hydrogen-bond donors (Lipinski definition) is 1. The highest BCUT2D eigenvalue weighted by atomic mass is 19.3. The maximum atomic E-state index is 12.3. The number of β-amino-alcohol motifs (C(OH)–C–C–N with tert-alkyl or cyclic N) is 1. The van der Waals surface area contributed by atoms with Gasteiger partial charge in [-0.15, -0.1) is 0 Å². The number of rotatable bonds is 6. The molecule has 1 amide bonds. The molecule has 2 aliphatic rings. The molecule has 2 fully saturated rings. The lowest BCUT2D eigenvalue weighted by Crippen LogP contribution is -2.50. The van der Waals surface area contributed by atoms with Gasteiger partial charge in [-0.2, -0.15) is 0 Å². The molecule has 1 unspecified atom stereocenters. The van der Waals surface area contributed by atoms with Crippen LogP contribution in [0.3, 0.4) is 0 Å². The summed E-state index contributed by atoms with van der Waals surface area (Å²) < 4.78 is 24.5. The largest absolute Gasteiger partial charge is 0.390 e. The van der Waals surface area contributed by atoms with Crippen molar-refractivity contribution < 1.29 is 18.7 Å². The molecule has 1 atom stereocenters. The summed E-state index contributed by atoms with van der Waals surface area (Å²) in [7, 11) is 0. The van der Waals surface area contributed by atoms with Crippen LogP contribution in [0.25, 0.3) is 0 Å². The first-order chi connectivity index (χ1) is 9.54. The van der Waals surface area contributed by atoms with Crippen LogP contribution in [0, 0.1) is 0 Å². The lowest BCUT2D eigenvalue weighted by molar-refractivity contribution is -0.129. The van der Waals surface area contributed by atoms with E-state index in [4.69, 9.17) is 0 Å². The first-order valence-corrected chi connectivity index (χ1v) is 7.23. The average molecular weight is 291 g/mol. The van der Waals surface area contributed by atoms with Crippen LogP contribution in [-0.4, -0.2) is 90.6 Å². The predicted octanol–water partition coefficient (Wildman–Crippen LogP) is -0.148. The highest BCUT2D eigenvalue weighted by molar-refractivity contribution is 5.78. The summed E-state index contributed by atoms with van der Waals surface area (Å²) in [5.74, 6) is 0.116. The summed E-state index contributed by atoms with van der Waals surface area (Å²) in [6, 6.07) is 0. The van der Waals surface area contributed by atoms with Crippen molar-refractivity contribution in [3.8, 4) is 0 Å². The molecule has 116 valence electrons. The average Bonchev–Trinajstić information content (AvgIpc) is 2.77. The van der Waals surface area contributed by atoms with Crippen molar-refractivity contribution in [2.75, 3.05) is 52.4 Å². The van der Waals surface area contributed by atoms with Gasteiger partial charge >= 0.3 is 0 Å². The number of aliphatic hydroxyl groups excluding tert-OH is 1. The van der Waals surface area contributed by atoms with E-state index in [0.717, 1.165) is 13.0 Å². The second-order valence-corrected chi connectivity index (χ2v) is 5.59. The number of likely N-dealkylation sites (tertiary alicyclic amines) is 1. The SMILES string of the molecule is O=C1CCCN1CC(O)CN1CCN(CC(F)F)CC1. The Morgan fingerprint density at radius 3 is 2.10 bits per heavy atom. The van der Waals surface area contributed by atoms with E-state index in [0.29, 0.717) is 45.7 Å². The topological polar surface area (TPSA) is 47.0 Å². The van der Waals surface area contributed by atoms with E-state index in [9.17, 15) is 18.7 Å². The van der Waals surface area contributed by atoms with Gasteiger partial charge in [0.15, 0.2) is 0 Å². The Kier molecular flexibility index (Phi) is 5.68. The second-order valence-electron chi connectivity index (χ2n) is 5.59. The van der Waals surface area contributed by atoms with Crippen LogP contribution in [0.2, 0.25) is 0 Å². The van der Waals surface area contributed by atoms with Crippen LogP contribution in [0.1, 0.15) is 12.8 Å². The van der Waals surface area contributed by atoms with Crippen molar-refractivity contribution in [3.05, 3.63) is 0 Å². The van der Waals surface area contributed by atoms with E-state index in [1.54, 1.807) is 9.80 Å². The first kappa shape index (κ1) is 15.6. The first-order valence-electron chi connectivity index (χ1n) is 7.23. The molecule has 5 nitrogen and oxygen atoms in total. The van der Waals surface area contributed by atoms with Crippen molar-refractivity contribution >= 4 is 5.91 Å². The van der Waals surface area contributed by atoms with E-state index in [-0.39, 0.29) is 12.5 Å². The van der Waals surface area contributed by atoms with Gasteiger partial charge in [0.05, 0.1) is 12.6 Å². The Hall–Kier alpha value is -0.790. The molecule has 20 heavy (non-hydrogen) atoms. The second kappa shape index (κ2) is 7.28. The molecule has 0 aromatic heterocycles. The Balaban J connectivity index is 1.65. The molecule has 0 aromatic carbocycles. The fourth-order valence-electron chi connectivity index (χ4n) is 2.86. The zero-order chi connectivity index (χ0) is 14.5. The van der Waals surface area contributed by atoms with Crippen molar-refractivity contribution in [1.29, 1.82) is 0 Å². The normalized spacial score (nSPS) is 23.8. The van der Waals surface area contributed by atoms with Gasteiger partial charge in [-0.1, -0.05) is 0 Å². The third-order valence-electron chi connectivity index (χ3n) is 3.93. The summed E-state index contributed by atoms with van der Waals surface area (Å²) in [6.07, 6.45) is -1.39. The summed E-state index contributed by atoms with van der Waals surface area (Å²) in [5, 5.41) is 10.0. The molecular weight excluding hydrogens is 268 g/mol. The number of aliphatic hydroxyl groups is 1. The molecule has 0 saturated carbocycles. The van der Waals surface area contributed by atoms with Crippen LogP contribution in [0.5, 0.6) is 0 Å². The molecule has 0 aromatic rings. The maximum Gasteiger partial charge on any atom is 0.251 e. The quantitative estimate of drug-likeness (QED) is 0.739. The minimum Gasteiger partial charge on any atom is -0.390 e. The summed E-state index contributed by atoms with van der Waals surface area (Å²) >= 11 is 0. The van der Waals surface area contributed by atoms with Gasteiger partial charge in [-0.25, -0.2) is 8.78 Å². The standard InChI is InChI=1S/C13H23F2N3O2/c14-12(15)10-17-6-4-16(5-7-17)8-11(19)9-18-3-1-2-13(18)20/h11-12,19H,1-10H2. The van der Waals surface area contributed by atoms with Gasteiger partial charge in [-0.3, -0.25) is 14.6 Å². The van der Waals surface area contributed by atoms with E-state index in [1.165, 1.54) is 0 Å². The third-order valence-corrected chi connectivity index (χ3v) is 3.93. The van der Waals surface area contributed by atoms with E-state index >= 15 is 0 Å². The molecule has 1 N–H and O–H groups in total. The Morgan fingerprint density at radius 1 is 1.00 bits per heavy atom. The van der Waals surface area contributed by atoms with Crippen molar-refractivity contribution in [2.24, 2.45) is 0 Å². The molecule has 0 aliphatic carbocycles. The van der Waals surface area contributed by atoms with E-state index in [2.05, 4.69) is 4.90 Å². The molecule has 2 saturated heterocycles. The number of nitrogens with zero attached hydrogens (tertiary/aromatic N) is 3. The molecule has 2 aliphatic heterocycles. The number of piperazine rings is 1. The van der Waals surface area contributed by atoms with E-state index in [1.807, 2.05) is 0 Å². The highest BCUT2D eigenvalue weighted by Crippen LogP contribution is 2.11. The maximum absolute atomic E-state index is 12.3. The number of halogens is 2. The number of carbonyl (C=O) groups excluding carboxylic acids is 1. The minimum atomic E-state index is -2.28. The summed E-state index contributed by atoms with van der Waals surface area (Å²) in [6.45, 7) is 4.06. The van der Waals surface area contributed by atoms with Gasteiger partial charge in [0.25, 0.3) is 6.43 Å². The number of carbonyl (C=O) groups is 1. The zero-order valence-corrected chi connectivity index (χ0v) is 11.7. The molecule has 7 heteroatoms. The fourth-order valence-corrected chi connectivity index (χ4v) is 2.86. The minimum absolute atomic E-state index is 0.116. The molecular formula is C13H23F2N3O2. The monoisotopic (exact) mass is 291 g/mol. The predicted molar refractivity (Wildman–Crippen MR) is 70.7 cm³/mol. The van der Waals surface area contributed by atoms with Crippen LogP contribution in [0.15, 0.2) is 0 Å². The highest BCUT2D eigenvalue weighted by Gasteiger charge is 2.25. The number of amides is 1. The number of hydrogen-bond acceptors (Lipinski definition) is 4. The molecule has 0 radical (unpaired) electrons. The van der Waals surface area contributed by atoms with Gasteiger partial charge in [0.2, 0.25) is 5.91 Å². The van der Waals surface area contributed by atoms with Crippen LogP contribution < -0.4 is 0 Å². The van der Waals surface area contributed by atoms with Gasteiger partial charge in [0.1, 0.15) is 0 Å². The summed E-state index contributed by atoms with van der Waals surface area (Å²) in [4.78, 5) is 17.0. The van der Waals surface area contributed by atoms with Gasteiger partial charge in [-0.05, 0) is 6.42 Å². The number of alkyl halides is 2. The van der Waals surface area contributed by atoms with Crippen LogP contribution >= 0.6 is 0 Å². The Morgan fingerprint density at radius 2 is 1.60 bits per heavy atom. The van der Waals surface area contributed by atoms with Crippen LogP contribution in [0.4, 0.5) is 8.78 Å². The lowest BCUT2D eigenvalue weighted by Gasteiger charge is -2.35. The molecule has 2 heterocycles. The molecule has 2 rings (SSSR count). The third kappa shape index (κ3) is 4.64. The van der Waals surface area contributed by atoms with Crippen molar-refractivity contribution in [2.45, 2.75) is 25.4 Å². The summed E-state index contributed by atoms with van der Waals surface area (Å²) in [5.41, 5.74) is 0. The van der Waals surface area contributed by atoms with Gasteiger partial charge in [0, 0.05) is 52.2 Å². The van der Waals surface area contributed by atoms with Crippen LogP contribution in [-0.2, 0) is 4.79 Å². The van der Waals surface area contributed by atoms with Gasteiger partial charge < -0.3 is 10.0 Å². The van der Waals surface area contributed by atoms with Crippen molar-refractivity contribution in [1.82, 2.24) is 14.7 Å². The Bertz CT molecular complexity index is 323. The molecule has 0 spiro atoms. The van der Waals surface area contributed by atoms with Crippen molar-refractivity contribution in [3.63, 3.8) is 0 Å². The smallest absolute Gasteiger partial charge is 0.251 e. The fraction of sp³-hybridized carbons (Fsp3) is 0.923. The van der Waals surface area contributed by atoms with E-state index < -0.39 is 12.5 Å². The Labute approximate surface area is 118 Å². The lowest BCUT2D eigenvalue weighted by atomic mass is 10.2. The molecule has 0 bridgehead atoms.